The maximum atomic E-state index is 12.5. The summed E-state index contributed by atoms with van der Waals surface area (Å²) >= 11 is 0. The molecule has 3 rings (SSSR count). The van der Waals surface area contributed by atoms with E-state index in [1.54, 1.807) is 19.4 Å². The molecular weight excluding hydrogens is 478 g/mol. The van der Waals surface area contributed by atoms with Crippen LogP contribution in [0.4, 0.5) is 11.5 Å². The second kappa shape index (κ2) is 11.3. The van der Waals surface area contributed by atoms with Crippen LogP contribution in [0, 0.1) is 4.91 Å². The Morgan fingerprint density at radius 1 is 1.12 bits per heavy atom. The lowest BCUT2D eigenvalue weighted by Gasteiger charge is -2.15. The number of rotatable bonds is 11. The highest BCUT2D eigenvalue weighted by Gasteiger charge is 2.14. The van der Waals surface area contributed by atoms with Gasteiger partial charge in [0.05, 0.1) is 24.1 Å². The number of hydrogen-bond acceptors (Lipinski definition) is 9. The molecule has 0 amide bonds. The van der Waals surface area contributed by atoms with Gasteiger partial charge in [-0.1, -0.05) is 10.7 Å². The summed E-state index contributed by atoms with van der Waals surface area (Å²) in [4.78, 5) is 19.2. The number of nitroso groups, excluding NO2 is 1. The molecule has 1 heterocycles. The van der Waals surface area contributed by atoms with Crippen molar-refractivity contribution in [2.24, 2.45) is 8.94 Å². The van der Waals surface area contributed by atoms with Gasteiger partial charge in [0.25, 0.3) is 10.0 Å². The third kappa shape index (κ3) is 6.48. The first-order chi connectivity index (χ1) is 16.2. The van der Waals surface area contributed by atoms with Crippen LogP contribution in [0.5, 0.6) is 11.5 Å². The largest absolute Gasteiger partial charge is 0.493 e. The Hall–Kier alpha value is -3.12. The average molecular weight is 506 g/mol. The minimum Gasteiger partial charge on any atom is -0.493 e. The fraction of sp³-hybridized carbons (Fsp3) is 0.364. The predicted molar refractivity (Wildman–Crippen MR) is 135 cm³/mol. The van der Waals surface area contributed by atoms with Crippen molar-refractivity contribution in [3.05, 3.63) is 47.6 Å². The molecule has 1 unspecified atom stereocenters. The van der Waals surface area contributed by atoms with E-state index >= 15 is 0 Å². The number of sulfonamides is 1. The van der Waals surface area contributed by atoms with Crippen molar-refractivity contribution in [1.82, 2.24) is 9.97 Å². The summed E-state index contributed by atoms with van der Waals surface area (Å²) in [6, 6.07) is 9.21. The number of ether oxygens (including phenoxy) is 2. The number of aromatic nitrogens is 2. The number of fused-ring (bicyclic) bond motifs is 1. The Labute approximate surface area is 201 Å². The fourth-order valence-corrected chi connectivity index (χ4v) is 6.10. The van der Waals surface area contributed by atoms with E-state index in [4.69, 9.17) is 9.47 Å². The molecule has 1 aromatic heterocycles. The molecule has 0 aliphatic heterocycles. The topological polar surface area (TPSA) is 132 Å². The minimum atomic E-state index is -3.81. The Bertz CT molecular complexity index is 1300. The Morgan fingerprint density at radius 3 is 2.50 bits per heavy atom. The Balaban J connectivity index is 1.65. The van der Waals surface area contributed by atoms with Gasteiger partial charge in [-0.05, 0) is 62.0 Å². The van der Waals surface area contributed by atoms with E-state index < -0.39 is 20.7 Å². The van der Waals surface area contributed by atoms with Crippen LogP contribution in [0.1, 0.15) is 20.3 Å². The molecule has 182 valence electrons. The van der Waals surface area contributed by atoms with Crippen LogP contribution in [-0.4, -0.2) is 50.2 Å². The summed E-state index contributed by atoms with van der Waals surface area (Å²) < 4.78 is 40.3. The smallest absolute Gasteiger partial charge is 0.287 e. The molecule has 1 atom stereocenters. The van der Waals surface area contributed by atoms with Gasteiger partial charge in [0, 0.05) is 23.2 Å². The molecule has 0 bridgehead atoms. The van der Waals surface area contributed by atoms with Gasteiger partial charge in [-0.3, -0.25) is 0 Å². The zero-order valence-electron chi connectivity index (χ0n) is 19.4. The zero-order valence-corrected chi connectivity index (χ0v) is 21.0. The normalized spacial score (nSPS) is 12.6. The molecule has 3 aromatic rings. The standard InChI is InChI=1S/C22H27N5O5S2/c1-15(2)25-22-18-12-20(31-3)21(13-19(18)23-14-24-22)32-10-5-11-33(4)27-34(29,30)17-8-6-16(26-28)7-9-17/h6-9,12-15H,5,10-11H2,1-4H3,(H,23,24,25). The molecule has 0 radical (unpaired) electrons. The first-order valence-corrected chi connectivity index (χ1v) is 13.7. The van der Waals surface area contributed by atoms with Gasteiger partial charge >= 0.3 is 0 Å². The quantitative estimate of drug-likeness (QED) is 0.299. The van der Waals surface area contributed by atoms with Crippen molar-refractivity contribution < 1.29 is 17.9 Å². The van der Waals surface area contributed by atoms with Gasteiger partial charge < -0.3 is 14.8 Å². The van der Waals surface area contributed by atoms with E-state index in [1.807, 2.05) is 19.9 Å². The van der Waals surface area contributed by atoms with Crippen LogP contribution in [-0.2, 0) is 20.7 Å². The molecule has 12 heteroatoms. The maximum absolute atomic E-state index is 12.5. The predicted octanol–water partition coefficient (Wildman–Crippen LogP) is 4.45. The molecule has 0 saturated carbocycles. The van der Waals surface area contributed by atoms with Crippen LogP contribution in [0.25, 0.3) is 10.9 Å². The van der Waals surface area contributed by atoms with Crippen LogP contribution < -0.4 is 14.8 Å². The minimum absolute atomic E-state index is 0.0321. The summed E-state index contributed by atoms with van der Waals surface area (Å²) in [5.41, 5.74) is 0.885. The highest BCUT2D eigenvalue weighted by atomic mass is 32.3. The summed E-state index contributed by atoms with van der Waals surface area (Å²) in [5, 5.41) is 6.89. The van der Waals surface area contributed by atoms with Gasteiger partial charge in [0.1, 0.15) is 17.8 Å². The fourth-order valence-electron chi connectivity index (χ4n) is 3.10. The van der Waals surface area contributed by atoms with E-state index in [1.165, 1.54) is 30.6 Å². The molecule has 1 N–H and O–H groups in total. The summed E-state index contributed by atoms with van der Waals surface area (Å²) in [7, 11) is -2.97. The number of methoxy groups -OCH3 is 1. The molecule has 10 nitrogen and oxygen atoms in total. The number of nitrogens with zero attached hydrogens (tertiary/aromatic N) is 4. The van der Waals surface area contributed by atoms with Gasteiger partial charge in [0.2, 0.25) is 0 Å². The van der Waals surface area contributed by atoms with Crippen LogP contribution in [0.15, 0.2) is 56.6 Å². The van der Waals surface area contributed by atoms with Crippen molar-refractivity contribution in [3.8, 4) is 11.5 Å². The molecule has 0 aliphatic rings. The Kier molecular flexibility index (Phi) is 8.51. The van der Waals surface area contributed by atoms with Crippen molar-refractivity contribution >= 4 is 43.1 Å². The van der Waals surface area contributed by atoms with E-state index in [-0.39, 0.29) is 16.6 Å². The molecular formula is C22H27N5O5S2. The zero-order chi connectivity index (χ0) is 24.7. The summed E-state index contributed by atoms with van der Waals surface area (Å²) in [6.45, 7) is 4.42. The van der Waals surface area contributed by atoms with E-state index in [0.29, 0.717) is 30.3 Å². The van der Waals surface area contributed by atoms with E-state index in [9.17, 15) is 13.3 Å². The molecule has 0 aliphatic carbocycles. The first kappa shape index (κ1) is 25.5. The van der Waals surface area contributed by atoms with E-state index in [2.05, 4.69) is 24.2 Å². The van der Waals surface area contributed by atoms with Gasteiger partial charge in [-0.2, -0.15) is 8.42 Å². The van der Waals surface area contributed by atoms with Crippen LogP contribution in [0.3, 0.4) is 0 Å². The Morgan fingerprint density at radius 2 is 1.85 bits per heavy atom. The van der Waals surface area contributed by atoms with Gasteiger partial charge in [0.15, 0.2) is 11.5 Å². The third-order valence-corrected chi connectivity index (χ3v) is 8.20. The number of hydrogen-bond donors (Lipinski definition) is 1. The van der Waals surface area contributed by atoms with Gasteiger partial charge in [-0.15, -0.1) is 8.68 Å². The number of benzene rings is 2. The molecule has 0 fully saturated rings. The van der Waals surface area contributed by atoms with Gasteiger partial charge in [-0.25, -0.2) is 9.97 Å². The van der Waals surface area contributed by atoms with Crippen molar-refractivity contribution in [2.45, 2.75) is 31.2 Å². The molecule has 34 heavy (non-hydrogen) atoms. The van der Waals surface area contributed by atoms with Crippen LogP contribution in [0.2, 0.25) is 0 Å². The second-order valence-electron chi connectivity index (χ2n) is 7.68. The number of nitrogens with one attached hydrogen (secondary N) is 1. The lowest BCUT2D eigenvalue weighted by Crippen LogP contribution is -2.11. The maximum Gasteiger partial charge on any atom is 0.287 e. The summed E-state index contributed by atoms with van der Waals surface area (Å²) in [5.74, 6) is 2.37. The second-order valence-corrected chi connectivity index (χ2v) is 11.3. The highest BCUT2D eigenvalue weighted by Crippen LogP contribution is 2.34. The molecule has 0 saturated heterocycles. The molecule has 0 spiro atoms. The van der Waals surface area contributed by atoms with Crippen molar-refractivity contribution in [2.75, 3.05) is 31.0 Å². The lowest BCUT2D eigenvalue weighted by atomic mass is 10.2. The number of anilines is 1. The monoisotopic (exact) mass is 505 g/mol. The molecule has 2 aromatic carbocycles. The third-order valence-electron chi connectivity index (χ3n) is 4.65. The van der Waals surface area contributed by atoms with Crippen molar-refractivity contribution in [1.29, 1.82) is 0 Å². The van der Waals surface area contributed by atoms with Crippen molar-refractivity contribution in [3.63, 3.8) is 0 Å². The summed E-state index contributed by atoms with van der Waals surface area (Å²) in [6.07, 6.45) is 3.85. The van der Waals surface area contributed by atoms with E-state index in [0.717, 1.165) is 16.7 Å². The SMILES string of the molecule is COc1cc2c(NC(C)C)ncnc2cc1OCCCS(C)=NS(=O)(=O)c1ccc(N=O)cc1. The average Bonchev–Trinajstić information content (AvgIpc) is 2.81. The lowest BCUT2D eigenvalue weighted by molar-refractivity contribution is 0.296. The highest BCUT2D eigenvalue weighted by molar-refractivity contribution is 7.99. The van der Waals surface area contributed by atoms with Crippen LogP contribution >= 0.6 is 0 Å². The first-order valence-electron chi connectivity index (χ1n) is 10.5.